The summed E-state index contributed by atoms with van der Waals surface area (Å²) in [6.07, 6.45) is 0. The Balaban J connectivity index is 0. The molecule has 4 heteroatoms. The first-order chi connectivity index (χ1) is 2.41. The second-order valence-corrected chi connectivity index (χ2v) is 0.329. The van der Waals surface area contributed by atoms with E-state index < -0.39 is 0 Å². The predicted molar refractivity (Wildman–Crippen MR) is 20.4 cm³/mol. The van der Waals surface area contributed by atoms with Gasteiger partial charge < -0.3 is 4.74 Å². The van der Waals surface area contributed by atoms with E-state index in [0.29, 0.717) is 0 Å². The van der Waals surface area contributed by atoms with Gasteiger partial charge in [0.05, 0.1) is 0 Å². The summed E-state index contributed by atoms with van der Waals surface area (Å²) in [6.45, 7) is 0.125. The molecule has 0 aromatic carbocycles. The van der Waals surface area contributed by atoms with Gasteiger partial charge in [0.25, 0.3) is 0 Å². The van der Waals surface area contributed by atoms with Crippen LogP contribution in [0.2, 0.25) is 0 Å². The Kier molecular flexibility index (Phi) is 15.3. The molecule has 0 aliphatic rings. The van der Waals surface area contributed by atoms with Crippen molar-refractivity contribution in [2.45, 2.75) is 0 Å². The third-order valence-corrected chi connectivity index (χ3v) is 0.111. The molecule has 30 valence electrons. The molecule has 0 N–H and O–H groups in total. The van der Waals surface area contributed by atoms with Crippen LogP contribution in [-0.2, 0) is 14.3 Å². The molecule has 6 heavy (non-hydrogen) atoms. The summed E-state index contributed by atoms with van der Waals surface area (Å²) < 4.78 is 3.47. The van der Waals surface area contributed by atoms with Gasteiger partial charge in [-0.3, -0.25) is 9.59 Å². The molecule has 0 saturated carbocycles. The van der Waals surface area contributed by atoms with Crippen LogP contribution < -0.4 is 0 Å². The second-order valence-electron chi connectivity index (χ2n) is 0.329. The summed E-state index contributed by atoms with van der Waals surface area (Å²) >= 11 is 0. The van der Waals surface area contributed by atoms with Crippen molar-refractivity contribution in [3.63, 3.8) is 0 Å². The number of hydrogen-bond donors (Lipinski definition) is 0. The van der Waals surface area contributed by atoms with Crippen LogP contribution in [0.25, 0.3) is 0 Å². The van der Waals surface area contributed by atoms with Crippen molar-refractivity contribution < 1.29 is 14.3 Å². The van der Waals surface area contributed by atoms with Crippen LogP contribution in [0, 0.1) is 0 Å². The van der Waals surface area contributed by atoms with E-state index in [-0.39, 0.29) is 64.3 Å². The molecule has 0 unspecified atom stereocenters. The molecule has 0 aromatic rings. The Morgan fingerprint density at radius 1 is 1.17 bits per heavy atom. The average Bonchev–Trinajstić information content (AvgIpc) is 1.41. The Labute approximate surface area is 77.5 Å². The summed E-state index contributed by atoms with van der Waals surface area (Å²) in [5, 5.41) is 0. The van der Waals surface area contributed by atoms with Crippen LogP contribution in [0.15, 0.2) is 0 Å². The fourth-order valence-electron chi connectivity index (χ4n) is 0.0227. The predicted octanol–water partition coefficient (Wildman–Crippen LogP) is -1.33. The van der Waals surface area contributed by atoms with Crippen molar-refractivity contribution in [3.8, 4) is 0 Å². The first-order valence-corrected chi connectivity index (χ1v) is 0.943. The molecule has 0 amide bonds. The van der Waals surface area contributed by atoms with E-state index in [1.54, 1.807) is 0 Å². The Bertz CT molecular complexity index is 38.1. The van der Waals surface area contributed by atoms with Gasteiger partial charge in [0, 0.05) is 0 Å². The van der Waals surface area contributed by atoms with Crippen molar-refractivity contribution in [1.82, 2.24) is 0 Å². The van der Waals surface area contributed by atoms with E-state index in [4.69, 9.17) is 9.59 Å². The van der Waals surface area contributed by atoms with Crippen molar-refractivity contribution in [1.29, 1.82) is 0 Å². The molecular formula is C2H3KO3. The number of rotatable bonds is 2. The molecule has 0 saturated heterocycles. The van der Waals surface area contributed by atoms with Crippen molar-refractivity contribution in [3.05, 3.63) is 0 Å². The standard InChI is InChI=1S/C2H2O3.K.H/c3-1-5-2-4;;/h1-2H;;. The van der Waals surface area contributed by atoms with Crippen LogP contribution in [0.5, 0.6) is 0 Å². The summed E-state index contributed by atoms with van der Waals surface area (Å²) in [5.41, 5.74) is 0. The molecule has 0 aliphatic heterocycles. The topological polar surface area (TPSA) is 43.4 Å². The molecule has 0 bridgehead atoms. The molecular weight excluding hydrogens is 111 g/mol. The van der Waals surface area contributed by atoms with E-state index >= 15 is 0 Å². The van der Waals surface area contributed by atoms with Gasteiger partial charge in [-0.1, -0.05) is 0 Å². The first kappa shape index (κ1) is 9.91. The van der Waals surface area contributed by atoms with Crippen LogP contribution in [0.3, 0.4) is 0 Å². The SMILES string of the molecule is O=COC=O.[KH]. The molecule has 0 aliphatic carbocycles. The summed E-state index contributed by atoms with van der Waals surface area (Å²) in [6, 6.07) is 0. The first-order valence-electron chi connectivity index (χ1n) is 0.943. The van der Waals surface area contributed by atoms with Gasteiger partial charge in [0.1, 0.15) is 0 Å². The fourth-order valence-corrected chi connectivity index (χ4v) is 0.0227. The molecule has 0 aromatic heterocycles. The molecule has 0 rings (SSSR count). The zero-order valence-corrected chi connectivity index (χ0v) is 2.38. The molecule has 0 radical (unpaired) electrons. The van der Waals surface area contributed by atoms with Gasteiger partial charge in [-0.15, -0.1) is 0 Å². The third kappa shape index (κ3) is 8.84. The number of carbonyl (C=O) groups is 2. The molecule has 0 fully saturated rings. The van der Waals surface area contributed by atoms with Gasteiger partial charge in [-0.2, -0.15) is 0 Å². The molecule has 0 atom stereocenters. The third-order valence-electron chi connectivity index (χ3n) is 0.111. The summed E-state index contributed by atoms with van der Waals surface area (Å²) in [4.78, 5) is 17.9. The molecule has 3 nitrogen and oxygen atoms in total. The summed E-state index contributed by atoms with van der Waals surface area (Å²) in [5.74, 6) is 0. The number of hydrogen-bond acceptors (Lipinski definition) is 3. The summed E-state index contributed by atoms with van der Waals surface area (Å²) in [7, 11) is 0. The number of carbonyl (C=O) groups excluding carboxylic acids is 2. The fraction of sp³-hybridized carbons (Fsp3) is 0. The van der Waals surface area contributed by atoms with Gasteiger partial charge in [-0.05, 0) is 0 Å². The maximum atomic E-state index is 8.95. The van der Waals surface area contributed by atoms with Gasteiger partial charge in [0.2, 0.25) is 0 Å². The monoisotopic (exact) mass is 114 g/mol. The van der Waals surface area contributed by atoms with Crippen molar-refractivity contribution >= 4 is 64.3 Å². The van der Waals surface area contributed by atoms with Crippen molar-refractivity contribution in [2.75, 3.05) is 0 Å². The molecule has 0 spiro atoms. The number of ether oxygens (including phenoxy) is 1. The minimum absolute atomic E-state index is 0. The maximum absolute atomic E-state index is 8.95. The van der Waals surface area contributed by atoms with Gasteiger partial charge in [-0.25, -0.2) is 0 Å². The Morgan fingerprint density at radius 2 is 1.50 bits per heavy atom. The second kappa shape index (κ2) is 9.24. The Morgan fingerprint density at radius 3 is 1.50 bits per heavy atom. The van der Waals surface area contributed by atoms with E-state index in [2.05, 4.69) is 4.74 Å². The van der Waals surface area contributed by atoms with Crippen molar-refractivity contribution in [2.24, 2.45) is 0 Å². The van der Waals surface area contributed by atoms with Crippen LogP contribution in [0.1, 0.15) is 0 Å². The van der Waals surface area contributed by atoms with E-state index in [1.165, 1.54) is 0 Å². The van der Waals surface area contributed by atoms with Crippen LogP contribution in [-0.4, -0.2) is 64.3 Å². The average molecular weight is 114 g/mol. The molecule has 0 heterocycles. The van der Waals surface area contributed by atoms with E-state index in [0.717, 1.165) is 0 Å². The van der Waals surface area contributed by atoms with Gasteiger partial charge in [0.15, 0.2) is 0 Å². The van der Waals surface area contributed by atoms with Crippen LogP contribution in [0.4, 0.5) is 0 Å². The van der Waals surface area contributed by atoms with Crippen LogP contribution >= 0.6 is 0 Å². The van der Waals surface area contributed by atoms with E-state index in [1.807, 2.05) is 0 Å². The van der Waals surface area contributed by atoms with Gasteiger partial charge >= 0.3 is 64.3 Å². The van der Waals surface area contributed by atoms with E-state index in [9.17, 15) is 0 Å². The Hall–Kier alpha value is 0.776. The minimum atomic E-state index is 0. The normalized spacial score (nSPS) is 4.67. The zero-order valence-electron chi connectivity index (χ0n) is 2.38. The quantitative estimate of drug-likeness (QED) is 0.254. The zero-order chi connectivity index (χ0) is 4.12.